The lowest BCUT2D eigenvalue weighted by Gasteiger charge is -2.30. The number of anilines is 1. The monoisotopic (exact) mass is 229 g/mol. The predicted molar refractivity (Wildman–Crippen MR) is 70.1 cm³/mol. The van der Waals surface area contributed by atoms with Crippen molar-refractivity contribution in [3.05, 3.63) is 29.8 Å². The molecule has 0 bridgehead atoms. The molecule has 1 aromatic rings. The minimum atomic E-state index is 0.501. The van der Waals surface area contributed by atoms with Crippen LogP contribution in [0.4, 0.5) is 5.69 Å². The van der Waals surface area contributed by atoms with Crippen LogP contribution in [0, 0.1) is 11.3 Å². The van der Waals surface area contributed by atoms with Crippen molar-refractivity contribution < 1.29 is 0 Å². The highest BCUT2D eigenvalue weighted by atomic mass is 15.2. The molecule has 1 aliphatic rings. The van der Waals surface area contributed by atoms with E-state index in [-0.39, 0.29) is 0 Å². The quantitative estimate of drug-likeness (QED) is 0.802. The molecule has 3 heteroatoms. The van der Waals surface area contributed by atoms with E-state index >= 15 is 0 Å². The standard InChI is InChI=1S/C14H19N3/c1-12-11-17(8-3-2-7-16-12)14-6-4-5-13(9-14)10-15/h4-6,9,12,16H,2-3,7-8,11H2,1H3. The number of nitriles is 1. The van der Waals surface area contributed by atoms with Gasteiger partial charge in [0.05, 0.1) is 11.6 Å². The molecular formula is C14H19N3. The Kier molecular flexibility index (Phi) is 4.00. The zero-order valence-electron chi connectivity index (χ0n) is 10.3. The van der Waals surface area contributed by atoms with Crippen LogP contribution in [-0.4, -0.2) is 25.7 Å². The fourth-order valence-electron chi connectivity index (χ4n) is 2.27. The molecule has 1 saturated heterocycles. The van der Waals surface area contributed by atoms with E-state index in [0.29, 0.717) is 6.04 Å². The van der Waals surface area contributed by atoms with E-state index in [2.05, 4.69) is 29.3 Å². The van der Waals surface area contributed by atoms with Crippen LogP contribution in [0.1, 0.15) is 25.3 Å². The summed E-state index contributed by atoms with van der Waals surface area (Å²) in [5.74, 6) is 0. The normalized spacial score (nSPS) is 21.4. The molecule has 1 aliphatic heterocycles. The van der Waals surface area contributed by atoms with E-state index in [1.165, 1.54) is 18.5 Å². The summed E-state index contributed by atoms with van der Waals surface area (Å²) in [7, 11) is 0. The topological polar surface area (TPSA) is 39.1 Å². The first-order valence-electron chi connectivity index (χ1n) is 6.28. The van der Waals surface area contributed by atoms with Crippen molar-refractivity contribution in [3.63, 3.8) is 0 Å². The third kappa shape index (κ3) is 3.21. The van der Waals surface area contributed by atoms with Gasteiger partial charge in [0.15, 0.2) is 0 Å². The summed E-state index contributed by atoms with van der Waals surface area (Å²) >= 11 is 0. The number of hydrogen-bond donors (Lipinski definition) is 1. The van der Waals surface area contributed by atoms with E-state index in [0.717, 1.165) is 25.2 Å². The van der Waals surface area contributed by atoms with Crippen molar-refractivity contribution in [1.82, 2.24) is 5.32 Å². The van der Waals surface area contributed by atoms with Gasteiger partial charge in [-0.3, -0.25) is 0 Å². The fraction of sp³-hybridized carbons (Fsp3) is 0.500. The van der Waals surface area contributed by atoms with Gasteiger partial charge in [-0.05, 0) is 44.5 Å². The van der Waals surface area contributed by atoms with E-state index in [9.17, 15) is 0 Å². The Morgan fingerprint density at radius 1 is 1.41 bits per heavy atom. The van der Waals surface area contributed by atoms with Gasteiger partial charge in [0, 0.05) is 24.8 Å². The molecule has 1 fully saturated rings. The second-order valence-electron chi connectivity index (χ2n) is 4.67. The Balaban J connectivity index is 2.15. The SMILES string of the molecule is CC1CN(c2cccc(C#N)c2)CCCCN1. The van der Waals surface area contributed by atoms with Crippen LogP contribution in [0.3, 0.4) is 0 Å². The second-order valence-corrected chi connectivity index (χ2v) is 4.67. The maximum atomic E-state index is 8.93. The highest BCUT2D eigenvalue weighted by Crippen LogP contribution is 2.17. The smallest absolute Gasteiger partial charge is 0.0992 e. The van der Waals surface area contributed by atoms with Crippen LogP contribution in [-0.2, 0) is 0 Å². The summed E-state index contributed by atoms with van der Waals surface area (Å²) in [4.78, 5) is 2.37. The van der Waals surface area contributed by atoms with Crippen molar-refractivity contribution in [2.45, 2.75) is 25.8 Å². The van der Waals surface area contributed by atoms with Gasteiger partial charge >= 0.3 is 0 Å². The van der Waals surface area contributed by atoms with Gasteiger partial charge < -0.3 is 10.2 Å². The van der Waals surface area contributed by atoms with Gasteiger partial charge in [0.2, 0.25) is 0 Å². The Morgan fingerprint density at radius 2 is 2.29 bits per heavy atom. The minimum absolute atomic E-state index is 0.501. The summed E-state index contributed by atoms with van der Waals surface area (Å²) in [6.07, 6.45) is 2.43. The van der Waals surface area contributed by atoms with E-state index in [4.69, 9.17) is 5.26 Å². The molecule has 90 valence electrons. The van der Waals surface area contributed by atoms with Crippen LogP contribution in [0.25, 0.3) is 0 Å². The lowest BCUT2D eigenvalue weighted by atomic mass is 10.1. The summed E-state index contributed by atoms with van der Waals surface area (Å²) < 4.78 is 0. The molecule has 17 heavy (non-hydrogen) atoms. The summed E-state index contributed by atoms with van der Waals surface area (Å²) in [6.45, 7) is 5.43. The molecule has 1 N–H and O–H groups in total. The van der Waals surface area contributed by atoms with Crippen molar-refractivity contribution in [1.29, 1.82) is 5.26 Å². The Bertz CT molecular complexity index is 408. The molecule has 0 aromatic heterocycles. The average molecular weight is 229 g/mol. The van der Waals surface area contributed by atoms with E-state index < -0.39 is 0 Å². The van der Waals surface area contributed by atoms with Gasteiger partial charge in [-0.25, -0.2) is 0 Å². The van der Waals surface area contributed by atoms with Crippen LogP contribution >= 0.6 is 0 Å². The van der Waals surface area contributed by atoms with Gasteiger partial charge in [-0.15, -0.1) is 0 Å². The lowest BCUT2D eigenvalue weighted by Crippen LogP contribution is -2.42. The molecule has 3 nitrogen and oxygen atoms in total. The second kappa shape index (κ2) is 5.70. The van der Waals surface area contributed by atoms with E-state index in [1.54, 1.807) is 0 Å². The van der Waals surface area contributed by atoms with Crippen molar-refractivity contribution in [3.8, 4) is 6.07 Å². The molecule has 0 spiro atoms. The lowest BCUT2D eigenvalue weighted by molar-refractivity contribution is 0.485. The van der Waals surface area contributed by atoms with Gasteiger partial charge in [0.25, 0.3) is 0 Å². The van der Waals surface area contributed by atoms with Gasteiger partial charge in [-0.2, -0.15) is 5.26 Å². The molecule has 1 unspecified atom stereocenters. The summed E-state index contributed by atoms with van der Waals surface area (Å²) in [5, 5.41) is 12.4. The number of hydrogen-bond acceptors (Lipinski definition) is 3. The Morgan fingerprint density at radius 3 is 3.12 bits per heavy atom. The van der Waals surface area contributed by atoms with Crippen molar-refractivity contribution >= 4 is 5.69 Å². The van der Waals surface area contributed by atoms with Crippen molar-refractivity contribution in [2.24, 2.45) is 0 Å². The fourth-order valence-corrected chi connectivity index (χ4v) is 2.27. The molecule has 1 aromatic carbocycles. The minimum Gasteiger partial charge on any atom is -0.370 e. The highest BCUT2D eigenvalue weighted by Gasteiger charge is 2.13. The summed E-state index contributed by atoms with van der Waals surface area (Å²) in [5.41, 5.74) is 1.91. The van der Waals surface area contributed by atoms with Crippen LogP contribution in [0.15, 0.2) is 24.3 Å². The molecule has 1 heterocycles. The van der Waals surface area contributed by atoms with E-state index in [1.807, 2.05) is 18.2 Å². The number of nitrogens with one attached hydrogen (secondary N) is 1. The van der Waals surface area contributed by atoms with Crippen LogP contribution in [0.5, 0.6) is 0 Å². The summed E-state index contributed by atoms with van der Waals surface area (Å²) in [6, 6.07) is 10.6. The first-order chi connectivity index (χ1) is 8.29. The van der Waals surface area contributed by atoms with Crippen molar-refractivity contribution in [2.75, 3.05) is 24.5 Å². The molecule has 0 amide bonds. The molecule has 0 saturated carbocycles. The largest absolute Gasteiger partial charge is 0.370 e. The maximum absolute atomic E-state index is 8.93. The number of nitrogens with zero attached hydrogens (tertiary/aromatic N) is 2. The number of rotatable bonds is 1. The Labute approximate surface area is 103 Å². The maximum Gasteiger partial charge on any atom is 0.0992 e. The first kappa shape index (κ1) is 11.9. The van der Waals surface area contributed by atoms with Crippen LogP contribution in [0.2, 0.25) is 0 Å². The van der Waals surface area contributed by atoms with Crippen LogP contribution < -0.4 is 10.2 Å². The predicted octanol–water partition coefficient (Wildman–Crippen LogP) is 2.14. The molecule has 2 rings (SSSR count). The Hall–Kier alpha value is -1.53. The van der Waals surface area contributed by atoms with Gasteiger partial charge in [-0.1, -0.05) is 6.07 Å². The molecule has 1 atom stereocenters. The molecule has 0 radical (unpaired) electrons. The third-order valence-corrected chi connectivity index (χ3v) is 3.18. The highest BCUT2D eigenvalue weighted by molar-refractivity contribution is 5.51. The average Bonchev–Trinajstić information content (AvgIpc) is 2.33. The van der Waals surface area contributed by atoms with Gasteiger partial charge in [0.1, 0.15) is 0 Å². The molecular weight excluding hydrogens is 210 g/mol. The number of benzene rings is 1. The zero-order chi connectivity index (χ0) is 12.1. The first-order valence-corrected chi connectivity index (χ1v) is 6.28. The third-order valence-electron chi connectivity index (χ3n) is 3.18. The zero-order valence-corrected chi connectivity index (χ0v) is 10.3. The molecule has 0 aliphatic carbocycles.